The topological polar surface area (TPSA) is 59.1 Å². The van der Waals surface area contributed by atoms with E-state index in [0.29, 0.717) is 55.2 Å². The number of para-hydroxylation sites is 1. The number of nitrogens with zero attached hydrogens (tertiary/aromatic N) is 2. The number of aryl methyl sites for hydroxylation is 1. The number of likely N-dealkylation sites (tertiary alicyclic amines) is 1. The number of rotatable bonds is 8. The Hall–Kier alpha value is -3.10. The number of halogens is 1. The number of ether oxygens (including phenoxy) is 2. The molecule has 1 fully saturated rings. The van der Waals surface area contributed by atoms with Crippen molar-refractivity contribution in [1.29, 1.82) is 0 Å². The standard InChI is InChI=1S/C27H31FN2O4S/c1-20-7-4-5-10-26(20)35(31,32)30(23-13-11-22(28)12-14-23)24-15-17-29(18-16-24)19-21-8-6-9-25(33-2)27(21)34-3/h4-14,24H,15-19H2,1-3H3. The lowest BCUT2D eigenvalue weighted by atomic mass is 10.0. The van der Waals surface area contributed by atoms with Gasteiger partial charge in [0, 0.05) is 31.2 Å². The molecule has 186 valence electrons. The van der Waals surface area contributed by atoms with Crippen molar-refractivity contribution < 1.29 is 22.3 Å². The Balaban J connectivity index is 1.58. The minimum absolute atomic E-state index is 0.242. The molecule has 4 rings (SSSR count). The molecule has 6 nitrogen and oxygen atoms in total. The minimum Gasteiger partial charge on any atom is -0.493 e. The minimum atomic E-state index is -3.84. The van der Waals surface area contributed by atoms with Crippen LogP contribution in [0.2, 0.25) is 0 Å². The molecule has 0 aliphatic carbocycles. The second kappa shape index (κ2) is 10.7. The van der Waals surface area contributed by atoms with Gasteiger partial charge in [0.1, 0.15) is 5.82 Å². The molecule has 0 saturated carbocycles. The van der Waals surface area contributed by atoms with Gasteiger partial charge in [-0.2, -0.15) is 0 Å². The van der Waals surface area contributed by atoms with Crippen molar-refractivity contribution in [2.75, 3.05) is 31.6 Å². The van der Waals surface area contributed by atoms with Gasteiger partial charge < -0.3 is 9.47 Å². The third-order valence-corrected chi connectivity index (χ3v) is 8.52. The smallest absolute Gasteiger partial charge is 0.264 e. The largest absolute Gasteiger partial charge is 0.493 e. The highest BCUT2D eigenvalue weighted by Crippen LogP contribution is 2.34. The summed E-state index contributed by atoms with van der Waals surface area (Å²) in [6, 6.07) is 18.2. The quantitative estimate of drug-likeness (QED) is 0.437. The molecule has 3 aromatic rings. The van der Waals surface area contributed by atoms with E-state index in [1.807, 2.05) is 24.3 Å². The molecule has 0 radical (unpaired) electrons. The maximum absolute atomic E-state index is 13.9. The third-order valence-electron chi connectivity index (χ3n) is 6.48. The van der Waals surface area contributed by atoms with Gasteiger partial charge >= 0.3 is 0 Å². The summed E-state index contributed by atoms with van der Waals surface area (Å²) in [4.78, 5) is 2.56. The second-order valence-corrected chi connectivity index (χ2v) is 10.5. The van der Waals surface area contributed by atoms with Crippen molar-refractivity contribution >= 4 is 15.7 Å². The Morgan fingerprint density at radius 2 is 1.63 bits per heavy atom. The molecule has 1 aliphatic heterocycles. The van der Waals surface area contributed by atoms with Crippen molar-refractivity contribution in [2.24, 2.45) is 0 Å². The van der Waals surface area contributed by atoms with Crippen LogP contribution < -0.4 is 13.8 Å². The summed E-state index contributed by atoms with van der Waals surface area (Å²) in [5, 5.41) is 0. The number of piperidine rings is 1. The summed E-state index contributed by atoms with van der Waals surface area (Å²) < 4.78 is 53.8. The predicted octanol–water partition coefficient (Wildman–Crippen LogP) is 5.01. The van der Waals surface area contributed by atoms with E-state index >= 15 is 0 Å². The van der Waals surface area contributed by atoms with Crippen LogP contribution in [0.3, 0.4) is 0 Å². The van der Waals surface area contributed by atoms with E-state index in [4.69, 9.17) is 9.47 Å². The average Bonchev–Trinajstić information content (AvgIpc) is 2.86. The Labute approximate surface area is 206 Å². The van der Waals surface area contributed by atoms with Crippen LogP contribution in [0.15, 0.2) is 71.6 Å². The van der Waals surface area contributed by atoms with Crippen LogP contribution in [0.1, 0.15) is 24.0 Å². The van der Waals surface area contributed by atoms with Gasteiger partial charge in [-0.15, -0.1) is 0 Å². The van der Waals surface area contributed by atoms with E-state index in [1.165, 1.54) is 16.4 Å². The van der Waals surface area contributed by atoms with Gasteiger partial charge in [0.25, 0.3) is 10.0 Å². The fraction of sp³-hybridized carbons (Fsp3) is 0.333. The number of methoxy groups -OCH3 is 2. The maximum Gasteiger partial charge on any atom is 0.264 e. The molecule has 1 saturated heterocycles. The van der Waals surface area contributed by atoms with Crippen molar-refractivity contribution in [3.63, 3.8) is 0 Å². The molecule has 0 bridgehead atoms. The number of hydrogen-bond donors (Lipinski definition) is 0. The number of sulfonamides is 1. The van der Waals surface area contributed by atoms with Crippen molar-refractivity contribution in [2.45, 2.75) is 37.2 Å². The Morgan fingerprint density at radius 1 is 0.943 bits per heavy atom. The van der Waals surface area contributed by atoms with E-state index in [1.54, 1.807) is 51.5 Å². The first-order valence-electron chi connectivity index (χ1n) is 11.6. The molecule has 0 atom stereocenters. The lowest BCUT2D eigenvalue weighted by molar-refractivity contribution is 0.203. The monoisotopic (exact) mass is 498 g/mol. The Bertz CT molecular complexity index is 1260. The first-order chi connectivity index (χ1) is 16.8. The fourth-order valence-electron chi connectivity index (χ4n) is 4.72. The van der Waals surface area contributed by atoms with Crippen molar-refractivity contribution in [3.8, 4) is 11.5 Å². The lowest BCUT2D eigenvalue weighted by Crippen LogP contribution is -2.47. The summed E-state index contributed by atoms with van der Waals surface area (Å²) in [6.07, 6.45) is 1.30. The molecule has 35 heavy (non-hydrogen) atoms. The molecular formula is C27H31FN2O4S. The van der Waals surface area contributed by atoms with Crippen molar-refractivity contribution in [3.05, 3.63) is 83.7 Å². The van der Waals surface area contributed by atoms with E-state index < -0.39 is 15.8 Å². The van der Waals surface area contributed by atoms with Crippen LogP contribution in [-0.2, 0) is 16.6 Å². The third kappa shape index (κ3) is 5.28. The molecule has 3 aromatic carbocycles. The molecule has 0 spiro atoms. The fourth-order valence-corrected chi connectivity index (χ4v) is 6.66. The van der Waals surface area contributed by atoms with Crippen LogP contribution in [-0.4, -0.2) is 46.7 Å². The van der Waals surface area contributed by atoms with Crippen molar-refractivity contribution in [1.82, 2.24) is 4.90 Å². The Morgan fingerprint density at radius 3 is 2.26 bits per heavy atom. The first kappa shape index (κ1) is 25.0. The normalized spacial score (nSPS) is 15.1. The van der Waals surface area contributed by atoms with Gasteiger partial charge in [0.2, 0.25) is 0 Å². The van der Waals surface area contributed by atoms with Gasteiger partial charge in [-0.05, 0) is 61.7 Å². The molecule has 8 heteroatoms. The van der Waals surface area contributed by atoms with Crippen LogP contribution in [0.25, 0.3) is 0 Å². The number of benzene rings is 3. The lowest BCUT2D eigenvalue weighted by Gasteiger charge is -2.39. The summed E-state index contributed by atoms with van der Waals surface area (Å²) in [7, 11) is -0.591. The summed E-state index contributed by atoms with van der Waals surface area (Å²) in [5.41, 5.74) is 2.18. The van der Waals surface area contributed by atoms with Gasteiger partial charge in [-0.25, -0.2) is 12.8 Å². The molecular weight excluding hydrogens is 467 g/mol. The van der Waals surface area contributed by atoms with Gasteiger partial charge in [-0.1, -0.05) is 30.3 Å². The first-order valence-corrected chi connectivity index (χ1v) is 13.1. The molecule has 1 aliphatic rings. The number of hydrogen-bond acceptors (Lipinski definition) is 5. The van der Waals surface area contributed by atoms with Crippen LogP contribution in [0.4, 0.5) is 10.1 Å². The summed E-state index contributed by atoms with van der Waals surface area (Å²) >= 11 is 0. The molecule has 0 N–H and O–H groups in total. The highest BCUT2D eigenvalue weighted by Gasteiger charge is 2.35. The van der Waals surface area contributed by atoms with E-state index in [9.17, 15) is 12.8 Å². The van der Waals surface area contributed by atoms with Gasteiger partial charge in [0.15, 0.2) is 11.5 Å². The highest BCUT2D eigenvalue weighted by molar-refractivity contribution is 7.93. The zero-order chi connectivity index (χ0) is 25.0. The zero-order valence-corrected chi connectivity index (χ0v) is 21.1. The van der Waals surface area contributed by atoms with Gasteiger partial charge in [0.05, 0.1) is 24.8 Å². The highest BCUT2D eigenvalue weighted by atomic mass is 32.2. The average molecular weight is 499 g/mol. The van der Waals surface area contributed by atoms with Crippen LogP contribution in [0.5, 0.6) is 11.5 Å². The van der Waals surface area contributed by atoms with E-state index in [0.717, 1.165) is 5.56 Å². The van der Waals surface area contributed by atoms with E-state index in [2.05, 4.69) is 4.90 Å². The van der Waals surface area contributed by atoms with Gasteiger partial charge in [-0.3, -0.25) is 9.21 Å². The number of anilines is 1. The molecule has 1 heterocycles. The van der Waals surface area contributed by atoms with Crippen LogP contribution in [0, 0.1) is 12.7 Å². The summed E-state index contributed by atoms with van der Waals surface area (Å²) in [6.45, 7) is 3.89. The SMILES string of the molecule is COc1cccc(CN2CCC(N(c3ccc(F)cc3)S(=O)(=O)c3ccccc3C)CC2)c1OC. The van der Waals surface area contributed by atoms with E-state index in [-0.39, 0.29) is 10.9 Å². The predicted molar refractivity (Wildman–Crippen MR) is 135 cm³/mol. The summed E-state index contributed by atoms with van der Waals surface area (Å²) in [5.74, 6) is 1.00. The second-order valence-electron chi connectivity index (χ2n) is 8.70. The van der Waals surface area contributed by atoms with Crippen LogP contribution >= 0.6 is 0 Å². The Kier molecular flexibility index (Phi) is 7.62. The molecule has 0 amide bonds. The maximum atomic E-state index is 13.9. The molecule has 0 unspecified atom stereocenters. The molecule has 0 aromatic heterocycles. The zero-order valence-electron chi connectivity index (χ0n) is 20.3.